The van der Waals surface area contributed by atoms with Gasteiger partial charge in [0.2, 0.25) is 5.91 Å². The molecule has 0 aliphatic rings. The first-order valence-electron chi connectivity index (χ1n) is 11.2. The average Bonchev–Trinajstić information content (AvgIpc) is 3.20. The molecule has 4 nitrogen and oxygen atoms in total. The Bertz CT molecular complexity index is 959. The average molecular weight is 419 g/mol. The highest BCUT2D eigenvalue weighted by atomic mass is 16.5. The Kier molecular flexibility index (Phi) is 8.34. The van der Waals surface area contributed by atoms with Crippen molar-refractivity contribution in [1.29, 1.82) is 0 Å². The molecule has 0 aliphatic carbocycles. The van der Waals surface area contributed by atoms with Crippen LogP contribution in [0.15, 0.2) is 66.9 Å². The van der Waals surface area contributed by atoms with E-state index >= 15 is 0 Å². The zero-order valence-electron chi connectivity index (χ0n) is 19.0. The van der Waals surface area contributed by atoms with Crippen LogP contribution < -0.4 is 4.74 Å². The number of hydrogen-bond acceptors (Lipinski definition) is 2. The van der Waals surface area contributed by atoms with Crippen LogP contribution in [0, 0.1) is 6.92 Å². The quantitative estimate of drug-likeness (QED) is 0.379. The Balaban J connectivity index is 1.71. The second-order valence-electron chi connectivity index (χ2n) is 8.16. The Morgan fingerprint density at radius 3 is 2.52 bits per heavy atom. The van der Waals surface area contributed by atoms with Crippen LogP contribution in [0.25, 0.3) is 0 Å². The number of carbonyl (C=O) groups excluding carboxylic acids is 1. The lowest BCUT2D eigenvalue weighted by atomic mass is 10.1. The SMILES string of the molecule is CCCCCN(Cc1cccn1Cc1cccc(C)c1)C(=O)Cc1ccc(OC)cc1. The van der Waals surface area contributed by atoms with Crippen molar-refractivity contribution < 1.29 is 9.53 Å². The normalized spacial score (nSPS) is 10.8. The summed E-state index contributed by atoms with van der Waals surface area (Å²) in [5.41, 5.74) is 4.73. The van der Waals surface area contributed by atoms with Gasteiger partial charge < -0.3 is 14.2 Å². The Hall–Kier alpha value is -3.01. The fourth-order valence-corrected chi connectivity index (χ4v) is 3.82. The van der Waals surface area contributed by atoms with Crippen LogP contribution in [0.2, 0.25) is 0 Å². The van der Waals surface area contributed by atoms with Gasteiger partial charge in [0.25, 0.3) is 0 Å². The van der Waals surface area contributed by atoms with Crippen LogP contribution in [-0.2, 0) is 24.3 Å². The largest absolute Gasteiger partial charge is 0.497 e. The van der Waals surface area contributed by atoms with E-state index in [1.54, 1.807) is 7.11 Å². The fraction of sp³-hybridized carbons (Fsp3) is 0.370. The molecule has 0 saturated heterocycles. The van der Waals surface area contributed by atoms with Gasteiger partial charge in [0.15, 0.2) is 0 Å². The van der Waals surface area contributed by atoms with Crippen molar-refractivity contribution >= 4 is 5.91 Å². The number of rotatable bonds is 11. The molecule has 0 fully saturated rings. The van der Waals surface area contributed by atoms with Gasteiger partial charge in [-0.3, -0.25) is 4.79 Å². The number of carbonyl (C=O) groups is 1. The number of benzene rings is 2. The number of aromatic nitrogens is 1. The summed E-state index contributed by atoms with van der Waals surface area (Å²) in [7, 11) is 1.65. The van der Waals surface area contributed by atoms with Crippen molar-refractivity contribution in [3.63, 3.8) is 0 Å². The molecule has 164 valence electrons. The van der Waals surface area contributed by atoms with E-state index in [0.29, 0.717) is 13.0 Å². The van der Waals surface area contributed by atoms with Gasteiger partial charge in [0.1, 0.15) is 5.75 Å². The topological polar surface area (TPSA) is 34.5 Å². The van der Waals surface area contributed by atoms with Crippen LogP contribution in [0.3, 0.4) is 0 Å². The first kappa shape index (κ1) is 22.7. The van der Waals surface area contributed by atoms with Gasteiger partial charge in [0.05, 0.1) is 20.1 Å². The first-order valence-corrected chi connectivity index (χ1v) is 11.2. The Morgan fingerprint density at radius 1 is 1.00 bits per heavy atom. The number of unbranched alkanes of at least 4 members (excludes halogenated alkanes) is 2. The second kappa shape index (κ2) is 11.4. The third-order valence-electron chi connectivity index (χ3n) is 5.61. The van der Waals surface area contributed by atoms with E-state index < -0.39 is 0 Å². The molecule has 1 aromatic heterocycles. The van der Waals surface area contributed by atoms with Gasteiger partial charge in [0, 0.05) is 25.0 Å². The molecule has 0 spiro atoms. The smallest absolute Gasteiger partial charge is 0.227 e. The summed E-state index contributed by atoms with van der Waals surface area (Å²) in [6.45, 7) is 6.55. The minimum Gasteiger partial charge on any atom is -0.497 e. The van der Waals surface area contributed by atoms with Gasteiger partial charge in [-0.05, 0) is 48.7 Å². The maximum atomic E-state index is 13.2. The molecule has 4 heteroatoms. The first-order chi connectivity index (χ1) is 15.1. The molecule has 0 unspecified atom stereocenters. The number of amides is 1. The number of methoxy groups -OCH3 is 1. The lowest BCUT2D eigenvalue weighted by Crippen LogP contribution is -2.33. The minimum atomic E-state index is 0.171. The molecule has 3 aromatic rings. The van der Waals surface area contributed by atoms with E-state index in [0.717, 1.165) is 43.7 Å². The third-order valence-corrected chi connectivity index (χ3v) is 5.61. The molecule has 0 radical (unpaired) electrons. The van der Waals surface area contributed by atoms with Crippen LogP contribution in [-0.4, -0.2) is 29.0 Å². The van der Waals surface area contributed by atoms with Crippen molar-refractivity contribution in [2.45, 2.75) is 52.6 Å². The number of ether oxygens (including phenoxy) is 1. The molecule has 0 aliphatic heterocycles. The van der Waals surface area contributed by atoms with Crippen LogP contribution in [0.5, 0.6) is 5.75 Å². The van der Waals surface area contributed by atoms with Gasteiger partial charge in [-0.2, -0.15) is 0 Å². The van der Waals surface area contributed by atoms with Gasteiger partial charge >= 0.3 is 0 Å². The summed E-state index contributed by atoms with van der Waals surface area (Å²) >= 11 is 0. The molecule has 2 aromatic carbocycles. The maximum Gasteiger partial charge on any atom is 0.227 e. The highest BCUT2D eigenvalue weighted by Crippen LogP contribution is 2.16. The molecule has 0 saturated carbocycles. The third kappa shape index (κ3) is 6.74. The molecular formula is C27H34N2O2. The summed E-state index contributed by atoms with van der Waals surface area (Å²) in [4.78, 5) is 15.2. The van der Waals surface area contributed by atoms with E-state index in [9.17, 15) is 4.79 Å². The number of aryl methyl sites for hydroxylation is 1. The maximum absolute atomic E-state index is 13.2. The van der Waals surface area contributed by atoms with Crippen LogP contribution in [0.1, 0.15) is 48.6 Å². The van der Waals surface area contributed by atoms with Crippen LogP contribution in [0.4, 0.5) is 0 Å². The van der Waals surface area contributed by atoms with Crippen molar-refractivity contribution in [3.05, 3.63) is 89.2 Å². The standard InChI is InChI=1S/C27H34N2O2/c1-4-5-6-16-29(27(30)19-23-12-14-26(31-3)15-13-23)21-25-11-8-17-28(25)20-24-10-7-9-22(2)18-24/h7-15,17-18H,4-6,16,19-21H2,1-3H3. The molecule has 0 atom stereocenters. The summed E-state index contributed by atoms with van der Waals surface area (Å²) < 4.78 is 7.48. The van der Waals surface area contributed by atoms with Gasteiger partial charge in [-0.1, -0.05) is 61.7 Å². The molecule has 1 amide bonds. The zero-order valence-corrected chi connectivity index (χ0v) is 19.0. The summed E-state index contributed by atoms with van der Waals surface area (Å²) in [6, 6.07) is 20.6. The second-order valence-corrected chi connectivity index (χ2v) is 8.16. The zero-order chi connectivity index (χ0) is 22.1. The van der Waals surface area contributed by atoms with Crippen LogP contribution >= 0.6 is 0 Å². The van der Waals surface area contributed by atoms with E-state index in [4.69, 9.17) is 4.74 Å². The summed E-state index contributed by atoms with van der Waals surface area (Å²) in [5, 5.41) is 0. The van der Waals surface area contributed by atoms with E-state index in [2.05, 4.69) is 61.0 Å². The lowest BCUT2D eigenvalue weighted by Gasteiger charge is -2.24. The van der Waals surface area contributed by atoms with Gasteiger partial charge in [-0.25, -0.2) is 0 Å². The van der Waals surface area contributed by atoms with Crippen molar-refractivity contribution in [3.8, 4) is 5.75 Å². The van der Waals surface area contributed by atoms with Crippen molar-refractivity contribution in [1.82, 2.24) is 9.47 Å². The van der Waals surface area contributed by atoms with Gasteiger partial charge in [-0.15, -0.1) is 0 Å². The Labute approximate surface area is 186 Å². The monoisotopic (exact) mass is 418 g/mol. The number of nitrogens with zero attached hydrogens (tertiary/aromatic N) is 2. The predicted molar refractivity (Wildman–Crippen MR) is 126 cm³/mol. The highest BCUT2D eigenvalue weighted by Gasteiger charge is 2.16. The summed E-state index contributed by atoms with van der Waals surface area (Å²) in [5.74, 6) is 0.981. The number of hydrogen-bond donors (Lipinski definition) is 0. The lowest BCUT2D eigenvalue weighted by molar-refractivity contribution is -0.131. The predicted octanol–water partition coefficient (Wildman–Crippen LogP) is 5.61. The Morgan fingerprint density at radius 2 is 1.81 bits per heavy atom. The molecule has 3 rings (SSSR count). The molecule has 31 heavy (non-hydrogen) atoms. The van der Waals surface area contributed by atoms with E-state index in [1.807, 2.05) is 29.2 Å². The molecule has 0 N–H and O–H groups in total. The summed E-state index contributed by atoms with van der Waals surface area (Å²) in [6.07, 6.45) is 5.83. The minimum absolute atomic E-state index is 0.171. The highest BCUT2D eigenvalue weighted by molar-refractivity contribution is 5.78. The fourth-order valence-electron chi connectivity index (χ4n) is 3.82. The van der Waals surface area contributed by atoms with Crippen molar-refractivity contribution in [2.24, 2.45) is 0 Å². The molecule has 1 heterocycles. The molecular weight excluding hydrogens is 384 g/mol. The van der Waals surface area contributed by atoms with E-state index in [-0.39, 0.29) is 5.91 Å². The molecule has 0 bridgehead atoms. The van der Waals surface area contributed by atoms with E-state index in [1.165, 1.54) is 16.8 Å². The van der Waals surface area contributed by atoms with Crippen molar-refractivity contribution in [2.75, 3.05) is 13.7 Å².